The van der Waals surface area contributed by atoms with E-state index in [1.54, 1.807) is 0 Å². The van der Waals surface area contributed by atoms with Crippen LogP contribution in [0.25, 0.3) is 0 Å². The molecule has 2 N–H and O–H groups in total. The van der Waals surface area contributed by atoms with E-state index in [0.717, 1.165) is 37.7 Å². The van der Waals surface area contributed by atoms with Crippen LogP contribution in [0.5, 0.6) is 0 Å². The monoisotopic (exact) mass is 363 g/mol. The summed E-state index contributed by atoms with van der Waals surface area (Å²) in [6.45, 7) is 0.223. The molecule has 1 saturated carbocycles. The first-order valence-electron chi connectivity index (χ1n) is 8.64. The van der Waals surface area contributed by atoms with Crippen LogP contribution in [0.4, 0.5) is 4.79 Å². The van der Waals surface area contributed by atoms with Gasteiger partial charge < -0.3 is 10.2 Å². The van der Waals surface area contributed by atoms with Crippen molar-refractivity contribution in [3.05, 3.63) is 34.9 Å². The number of rotatable bonds is 4. The first-order chi connectivity index (χ1) is 12.0. The molecule has 2 fully saturated rings. The van der Waals surface area contributed by atoms with Gasteiger partial charge in [0.25, 0.3) is 0 Å². The SMILES string of the molecule is O=C1CCN(CC(=O)NC2(c3ccc(Cl)cc3)CCCCC2)C(=O)N1. The Bertz CT molecular complexity index is 669. The summed E-state index contributed by atoms with van der Waals surface area (Å²) in [7, 11) is 0. The van der Waals surface area contributed by atoms with Gasteiger partial charge in [0.15, 0.2) is 0 Å². The highest BCUT2D eigenvalue weighted by molar-refractivity contribution is 6.30. The third kappa shape index (κ3) is 4.12. The Morgan fingerprint density at radius 3 is 2.48 bits per heavy atom. The van der Waals surface area contributed by atoms with Gasteiger partial charge in [-0.2, -0.15) is 0 Å². The van der Waals surface area contributed by atoms with Gasteiger partial charge in [0, 0.05) is 18.0 Å². The van der Waals surface area contributed by atoms with Crippen LogP contribution in [-0.2, 0) is 15.1 Å². The average molecular weight is 364 g/mol. The van der Waals surface area contributed by atoms with Crippen molar-refractivity contribution in [1.29, 1.82) is 0 Å². The van der Waals surface area contributed by atoms with Crippen molar-refractivity contribution in [2.24, 2.45) is 0 Å². The van der Waals surface area contributed by atoms with Crippen LogP contribution in [0.1, 0.15) is 44.1 Å². The molecule has 0 spiro atoms. The van der Waals surface area contributed by atoms with Crippen LogP contribution in [0.3, 0.4) is 0 Å². The van der Waals surface area contributed by atoms with Gasteiger partial charge in [-0.15, -0.1) is 0 Å². The summed E-state index contributed by atoms with van der Waals surface area (Å²) in [4.78, 5) is 37.0. The molecule has 0 unspecified atom stereocenters. The maximum Gasteiger partial charge on any atom is 0.324 e. The van der Waals surface area contributed by atoms with Crippen molar-refractivity contribution < 1.29 is 14.4 Å². The molecule has 1 saturated heterocycles. The summed E-state index contributed by atoms with van der Waals surface area (Å²) in [5.41, 5.74) is 0.630. The average Bonchev–Trinajstić information content (AvgIpc) is 2.59. The van der Waals surface area contributed by atoms with E-state index in [0.29, 0.717) is 5.02 Å². The standard InChI is InChI=1S/C18H22ClN3O3/c19-14-6-4-13(5-7-14)18(9-2-1-3-10-18)21-16(24)12-22-11-8-15(23)20-17(22)25/h4-7H,1-3,8-12H2,(H,21,24)(H,20,23,25). The van der Waals surface area contributed by atoms with E-state index in [9.17, 15) is 14.4 Å². The molecule has 2 aliphatic rings. The van der Waals surface area contributed by atoms with E-state index in [1.807, 2.05) is 24.3 Å². The number of urea groups is 1. The smallest absolute Gasteiger partial charge is 0.324 e. The lowest BCUT2D eigenvalue weighted by Crippen LogP contribution is -2.55. The Kier molecular flexibility index (Phi) is 5.27. The molecule has 1 aliphatic carbocycles. The first-order valence-corrected chi connectivity index (χ1v) is 9.02. The number of hydrogen-bond donors (Lipinski definition) is 2. The van der Waals surface area contributed by atoms with Gasteiger partial charge in [-0.3, -0.25) is 14.9 Å². The molecule has 6 nitrogen and oxygen atoms in total. The topological polar surface area (TPSA) is 78.5 Å². The molecule has 1 aromatic carbocycles. The Labute approximate surface area is 151 Å². The fraction of sp³-hybridized carbons (Fsp3) is 0.500. The number of imide groups is 1. The number of nitrogens with one attached hydrogen (secondary N) is 2. The van der Waals surface area contributed by atoms with Crippen LogP contribution in [0, 0.1) is 0 Å². The highest BCUT2D eigenvalue weighted by atomic mass is 35.5. The van der Waals surface area contributed by atoms with Crippen molar-refractivity contribution in [2.75, 3.05) is 13.1 Å². The molecule has 0 radical (unpaired) electrons. The fourth-order valence-corrected chi connectivity index (χ4v) is 3.77. The minimum absolute atomic E-state index is 0.0472. The third-order valence-electron chi connectivity index (χ3n) is 4.96. The van der Waals surface area contributed by atoms with Gasteiger partial charge in [0.1, 0.15) is 6.54 Å². The second-order valence-electron chi connectivity index (χ2n) is 6.72. The summed E-state index contributed by atoms with van der Waals surface area (Å²) in [5, 5.41) is 6.06. The highest BCUT2D eigenvalue weighted by Gasteiger charge is 2.36. The summed E-state index contributed by atoms with van der Waals surface area (Å²) < 4.78 is 0. The highest BCUT2D eigenvalue weighted by Crippen LogP contribution is 2.37. The predicted octanol–water partition coefficient (Wildman–Crippen LogP) is 2.56. The van der Waals surface area contributed by atoms with E-state index in [4.69, 9.17) is 11.6 Å². The van der Waals surface area contributed by atoms with Gasteiger partial charge in [0.2, 0.25) is 11.8 Å². The second-order valence-corrected chi connectivity index (χ2v) is 7.16. The van der Waals surface area contributed by atoms with Crippen molar-refractivity contribution in [2.45, 2.75) is 44.1 Å². The van der Waals surface area contributed by atoms with E-state index < -0.39 is 11.6 Å². The van der Waals surface area contributed by atoms with Crippen LogP contribution < -0.4 is 10.6 Å². The number of amides is 4. The molecule has 7 heteroatoms. The minimum Gasteiger partial charge on any atom is -0.345 e. The Hall–Kier alpha value is -2.08. The molecule has 0 aromatic heterocycles. The third-order valence-corrected chi connectivity index (χ3v) is 5.21. The van der Waals surface area contributed by atoms with E-state index >= 15 is 0 Å². The van der Waals surface area contributed by atoms with Gasteiger partial charge in [0.05, 0.1) is 5.54 Å². The largest absolute Gasteiger partial charge is 0.345 e. The number of nitrogens with zero attached hydrogens (tertiary/aromatic N) is 1. The van der Waals surface area contributed by atoms with Crippen molar-refractivity contribution in [3.63, 3.8) is 0 Å². The Morgan fingerprint density at radius 2 is 1.84 bits per heavy atom. The normalized spacial score (nSPS) is 20.1. The summed E-state index contributed by atoms with van der Waals surface area (Å²) >= 11 is 5.99. The van der Waals surface area contributed by atoms with Crippen molar-refractivity contribution in [3.8, 4) is 0 Å². The van der Waals surface area contributed by atoms with Crippen LogP contribution >= 0.6 is 11.6 Å². The van der Waals surface area contributed by atoms with E-state index in [1.165, 1.54) is 4.90 Å². The molecule has 134 valence electrons. The predicted molar refractivity (Wildman–Crippen MR) is 94.1 cm³/mol. The zero-order valence-corrected chi connectivity index (χ0v) is 14.8. The molecule has 4 amide bonds. The molecular formula is C18H22ClN3O3. The first kappa shape index (κ1) is 17.7. The lowest BCUT2D eigenvalue weighted by Gasteiger charge is -2.39. The molecule has 3 rings (SSSR count). The van der Waals surface area contributed by atoms with Crippen molar-refractivity contribution >= 4 is 29.4 Å². The van der Waals surface area contributed by atoms with E-state index in [2.05, 4.69) is 10.6 Å². The number of halogens is 1. The Morgan fingerprint density at radius 1 is 1.16 bits per heavy atom. The quantitative estimate of drug-likeness (QED) is 0.862. The maximum absolute atomic E-state index is 12.6. The fourth-order valence-electron chi connectivity index (χ4n) is 3.64. The minimum atomic E-state index is -0.504. The van der Waals surface area contributed by atoms with Crippen LogP contribution in [0.2, 0.25) is 5.02 Å². The number of benzene rings is 1. The zero-order chi connectivity index (χ0) is 17.9. The van der Waals surface area contributed by atoms with E-state index in [-0.39, 0.29) is 31.3 Å². The van der Waals surface area contributed by atoms with Crippen molar-refractivity contribution in [1.82, 2.24) is 15.5 Å². The molecule has 1 aromatic rings. The van der Waals surface area contributed by atoms with Crippen LogP contribution in [-0.4, -0.2) is 35.8 Å². The number of hydrogen-bond acceptors (Lipinski definition) is 3. The van der Waals surface area contributed by atoms with Gasteiger partial charge in [-0.25, -0.2) is 4.79 Å². The van der Waals surface area contributed by atoms with Gasteiger partial charge >= 0.3 is 6.03 Å². The Balaban J connectivity index is 1.72. The number of carbonyl (C=O) groups is 3. The molecule has 1 aliphatic heterocycles. The zero-order valence-electron chi connectivity index (χ0n) is 14.0. The second kappa shape index (κ2) is 7.44. The molecule has 1 heterocycles. The summed E-state index contributed by atoms with van der Waals surface area (Å²) in [6, 6.07) is 7.09. The summed E-state index contributed by atoms with van der Waals surface area (Å²) in [6.07, 6.45) is 5.20. The maximum atomic E-state index is 12.6. The molecular weight excluding hydrogens is 342 g/mol. The van der Waals surface area contributed by atoms with Gasteiger partial charge in [-0.05, 0) is 30.5 Å². The molecule has 0 atom stereocenters. The van der Waals surface area contributed by atoms with Gasteiger partial charge in [-0.1, -0.05) is 43.0 Å². The van der Waals surface area contributed by atoms with Crippen LogP contribution in [0.15, 0.2) is 24.3 Å². The summed E-state index contributed by atoms with van der Waals surface area (Å²) in [5.74, 6) is -0.507. The molecule has 25 heavy (non-hydrogen) atoms. The number of carbonyl (C=O) groups excluding carboxylic acids is 3. The lowest BCUT2D eigenvalue weighted by molar-refractivity contribution is -0.126. The lowest BCUT2D eigenvalue weighted by atomic mass is 9.76. The molecule has 0 bridgehead atoms.